The van der Waals surface area contributed by atoms with Gasteiger partial charge in [-0.15, -0.1) is 0 Å². The van der Waals surface area contributed by atoms with Gasteiger partial charge in [-0.25, -0.2) is 8.78 Å². The first-order chi connectivity index (χ1) is 20.2. The number of aromatic nitrogens is 2. The molecular weight excluding hydrogens is 560 g/mol. The van der Waals surface area contributed by atoms with Crippen LogP contribution in [0.5, 0.6) is 6.01 Å². The molecule has 10 heteroatoms. The summed E-state index contributed by atoms with van der Waals surface area (Å²) in [5.74, 6) is -1.70. The van der Waals surface area contributed by atoms with E-state index in [0.717, 1.165) is 30.2 Å². The van der Waals surface area contributed by atoms with Crippen molar-refractivity contribution in [1.29, 1.82) is 0 Å². The zero-order chi connectivity index (χ0) is 29.5. The maximum atomic E-state index is 16.6. The fourth-order valence-electron chi connectivity index (χ4n) is 6.13. The Balaban J connectivity index is 1.45. The van der Waals surface area contributed by atoms with Gasteiger partial charge in [0.2, 0.25) is 0 Å². The summed E-state index contributed by atoms with van der Waals surface area (Å²) in [6.07, 6.45) is 2.09. The summed E-state index contributed by atoms with van der Waals surface area (Å²) in [4.78, 5) is 27.3. The number of fused-ring (bicyclic) bond motifs is 2. The number of carbonyl (C=O) groups is 1. The molecule has 2 aliphatic rings. The molecule has 2 saturated heterocycles. The molecule has 2 aliphatic heterocycles. The Labute approximate surface area is 248 Å². The molecule has 3 heterocycles. The molecule has 2 fully saturated rings. The molecule has 0 radical (unpaired) electrons. The highest BCUT2D eigenvalue weighted by atomic mass is 35.5. The molecule has 0 bridgehead atoms. The molecule has 42 heavy (non-hydrogen) atoms. The molecule has 6 rings (SSSR count). The Morgan fingerprint density at radius 3 is 2.60 bits per heavy atom. The molecule has 0 unspecified atom stereocenters. The van der Waals surface area contributed by atoms with Gasteiger partial charge < -0.3 is 19.4 Å². The Hall–Kier alpha value is -3.82. The van der Waals surface area contributed by atoms with E-state index in [1.807, 2.05) is 48.2 Å². The number of hydrogen-bond acceptors (Lipinski definition) is 6. The molecule has 3 aromatic carbocycles. The Morgan fingerprint density at radius 2 is 1.88 bits per heavy atom. The van der Waals surface area contributed by atoms with Crippen LogP contribution in [0.15, 0.2) is 60.9 Å². The second kappa shape index (κ2) is 11.5. The Kier molecular flexibility index (Phi) is 7.72. The predicted molar refractivity (Wildman–Crippen MR) is 162 cm³/mol. The normalized spacial score (nSPS) is 19.5. The average Bonchev–Trinajstić information content (AvgIpc) is 3.40. The van der Waals surface area contributed by atoms with E-state index in [1.54, 1.807) is 12.1 Å². The van der Waals surface area contributed by atoms with Crippen molar-refractivity contribution in [3.63, 3.8) is 0 Å². The largest absolute Gasteiger partial charge is 0.462 e. The van der Waals surface area contributed by atoms with Crippen molar-refractivity contribution in [2.24, 2.45) is 0 Å². The highest BCUT2D eigenvalue weighted by Crippen LogP contribution is 2.39. The molecular formula is C32H32ClF2N5O2. The van der Waals surface area contributed by atoms with Crippen molar-refractivity contribution in [3.05, 3.63) is 71.8 Å². The van der Waals surface area contributed by atoms with Crippen molar-refractivity contribution in [2.75, 3.05) is 44.7 Å². The Morgan fingerprint density at radius 1 is 1.10 bits per heavy atom. The summed E-state index contributed by atoms with van der Waals surface area (Å²) in [6, 6.07) is 14.9. The third-order valence-electron chi connectivity index (χ3n) is 8.41. The van der Waals surface area contributed by atoms with Gasteiger partial charge in [-0.3, -0.25) is 4.79 Å². The molecule has 0 aliphatic carbocycles. The number of piperazine rings is 1. The first-order valence-electron chi connectivity index (χ1n) is 14.1. The predicted octanol–water partition coefficient (Wildman–Crippen LogP) is 6.24. The van der Waals surface area contributed by atoms with Crippen LogP contribution in [0.2, 0.25) is 5.02 Å². The number of amides is 1. The maximum absolute atomic E-state index is 16.6. The minimum atomic E-state index is -0.987. The van der Waals surface area contributed by atoms with Crippen molar-refractivity contribution in [1.82, 2.24) is 19.8 Å². The average molecular weight is 592 g/mol. The van der Waals surface area contributed by atoms with Crippen LogP contribution < -0.4 is 9.64 Å². The van der Waals surface area contributed by atoms with Crippen molar-refractivity contribution in [2.45, 2.75) is 31.8 Å². The third kappa shape index (κ3) is 5.16. The van der Waals surface area contributed by atoms with Gasteiger partial charge in [0.1, 0.15) is 17.9 Å². The van der Waals surface area contributed by atoms with Crippen LogP contribution in [0, 0.1) is 5.82 Å². The molecule has 0 spiro atoms. The molecule has 218 valence electrons. The summed E-state index contributed by atoms with van der Waals surface area (Å²) in [5.41, 5.74) is 1.18. The SMILES string of the molecule is C=C(F)C(=O)N1CCN(c2nc(OC[C@@H]3CCCN3C)nc3c(F)c(-c4cccc5cccc(Cl)c45)ccc23)[C@@H](C)C1. The van der Waals surface area contributed by atoms with E-state index in [-0.39, 0.29) is 36.7 Å². The van der Waals surface area contributed by atoms with Gasteiger partial charge in [0.15, 0.2) is 11.6 Å². The van der Waals surface area contributed by atoms with Gasteiger partial charge in [0.25, 0.3) is 5.91 Å². The van der Waals surface area contributed by atoms with Crippen molar-refractivity contribution in [3.8, 4) is 17.1 Å². The molecule has 4 aromatic rings. The van der Waals surface area contributed by atoms with Crippen LogP contribution in [0.25, 0.3) is 32.8 Å². The minimum absolute atomic E-state index is 0.0904. The van der Waals surface area contributed by atoms with Crippen LogP contribution in [-0.4, -0.2) is 77.6 Å². The van der Waals surface area contributed by atoms with E-state index in [0.29, 0.717) is 40.5 Å². The zero-order valence-corrected chi connectivity index (χ0v) is 24.4. The van der Waals surface area contributed by atoms with E-state index in [2.05, 4.69) is 23.5 Å². The highest BCUT2D eigenvalue weighted by molar-refractivity contribution is 6.36. The van der Waals surface area contributed by atoms with Crippen LogP contribution in [-0.2, 0) is 4.79 Å². The summed E-state index contributed by atoms with van der Waals surface area (Å²) in [6.45, 7) is 7.37. The summed E-state index contributed by atoms with van der Waals surface area (Å²) in [7, 11) is 2.06. The fraction of sp³-hybridized carbons (Fsp3) is 0.344. The first-order valence-corrected chi connectivity index (χ1v) is 14.5. The van der Waals surface area contributed by atoms with E-state index >= 15 is 4.39 Å². The number of likely N-dealkylation sites (tertiary alicyclic amines) is 1. The van der Waals surface area contributed by atoms with Crippen molar-refractivity contribution < 1.29 is 18.3 Å². The highest BCUT2D eigenvalue weighted by Gasteiger charge is 2.31. The maximum Gasteiger partial charge on any atom is 0.319 e. The van der Waals surface area contributed by atoms with Gasteiger partial charge in [-0.1, -0.05) is 54.6 Å². The topological polar surface area (TPSA) is 61.8 Å². The number of halogens is 3. The number of ether oxygens (including phenoxy) is 1. The van der Waals surface area contributed by atoms with Crippen LogP contribution in [0.1, 0.15) is 19.8 Å². The summed E-state index contributed by atoms with van der Waals surface area (Å²) in [5, 5.41) is 2.73. The number of rotatable bonds is 6. The lowest BCUT2D eigenvalue weighted by molar-refractivity contribution is -0.129. The van der Waals surface area contributed by atoms with Crippen LogP contribution in [0.3, 0.4) is 0 Å². The standard InChI is InChI=1S/C32H32ClF2N5O2/c1-19-17-39(31(41)20(2)34)15-16-40(19)30-25-13-12-24(23-10-4-7-21-8-5-11-26(33)27(21)23)28(35)29(25)36-32(37-30)42-18-22-9-6-14-38(22)3/h4-5,7-8,10-13,19,22H,2,6,9,14-18H2,1,3H3/t19-,22-/m0/s1. The fourth-order valence-corrected chi connectivity index (χ4v) is 6.41. The third-order valence-corrected chi connectivity index (χ3v) is 8.72. The van der Waals surface area contributed by atoms with E-state index in [9.17, 15) is 9.18 Å². The van der Waals surface area contributed by atoms with Gasteiger partial charge in [0, 0.05) is 53.1 Å². The van der Waals surface area contributed by atoms with Gasteiger partial charge in [0.05, 0.1) is 0 Å². The summed E-state index contributed by atoms with van der Waals surface area (Å²) >= 11 is 6.58. The molecule has 2 atom stereocenters. The lowest BCUT2D eigenvalue weighted by Gasteiger charge is -2.40. The number of carbonyl (C=O) groups excluding carboxylic acids is 1. The second-order valence-corrected chi connectivity index (χ2v) is 11.5. The first kappa shape index (κ1) is 28.3. The lowest BCUT2D eigenvalue weighted by atomic mass is 9.96. The quantitative estimate of drug-likeness (QED) is 0.248. The lowest BCUT2D eigenvalue weighted by Crippen LogP contribution is -2.54. The molecule has 0 N–H and O–H groups in total. The molecule has 7 nitrogen and oxygen atoms in total. The number of likely N-dealkylation sites (N-methyl/N-ethyl adjacent to an activating group) is 1. The van der Waals surface area contributed by atoms with E-state index < -0.39 is 17.6 Å². The zero-order valence-electron chi connectivity index (χ0n) is 23.6. The smallest absolute Gasteiger partial charge is 0.319 e. The number of benzene rings is 3. The number of hydrogen-bond donors (Lipinski definition) is 0. The second-order valence-electron chi connectivity index (χ2n) is 11.1. The number of anilines is 1. The van der Waals surface area contributed by atoms with Gasteiger partial charge in [-0.2, -0.15) is 9.97 Å². The van der Waals surface area contributed by atoms with Gasteiger partial charge in [-0.05, 0) is 56.4 Å². The minimum Gasteiger partial charge on any atom is -0.462 e. The molecule has 1 amide bonds. The van der Waals surface area contributed by atoms with Crippen LogP contribution in [0.4, 0.5) is 14.6 Å². The summed E-state index contributed by atoms with van der Waals surface area (Å²) < 4.78 is 36.3. The van der Waals surface area contributed by atoms with E-state index in [1.165, 1.54) is 4.90 Å². The molecule has 1 aromatic heterocycles. The van der Waals surface area contributed by atoms with Crippen molar-refractivity contribution >= 4 is 45.0 Å². The monoisotopic (exact) mass is 591 g/mol. The van der Waals surface area contributed by atoms with Gasteiger partial charge >= 0.3 is 6.01 Å². The molecule has 0 saturated carbocycles. The van der Waals surface area contributed by atoms with Crippen LogP contribution >= 0.6 is 11.6 Å². The van der Waals surface area contributed by atoms with E-state index in [4.69, 9.17) is 21.3 Å². The Bertz CT molecular complexity index is 1690. The number of nitrogens with zero attached hydrogens (tertiary/aromatic N) is 5.